The van der Waals surface area contributed by atoms with Crippen molar-refractivity contribution in [2.75, 3.05) is 0 Å². The largest absolute Gasteiger partial charge is 0.292 e. The fourth-order valence-corrected chi connectivity index (χ4v) is 5.24. The van der Waals surface area contributed by atoms with Gasteiger partial charge in [-0.3, -0.25) is 13.8 Å². The van der Waals surface area contributed by atoms with Crippen molar-refractivity contribution in [2.45, 2.75) is 36.6 Å². The molecule has 0 bridgehead atoms. The van der Waals surface area contributed by atoms with Gasteiger partial charge in [0, 0.05) is 34.8 Å². The zero-order valence-corrected chi connectivity index (χ0v) is 16.3. The molecule has 1 aliphatic carbocycles. The molecule has 1 aliphatic rings. The van der Waals surface area contributed by atoms with Gasteiger partial charge in [0.05, 0.1) is 11.4 Å². The fraction of sp³-hybridized carbons (Fsp3) is 0.250. The van der Waals surface area contributed by atoms with Gasteiger partial charge in [-0.25, -0.2) is 9.97 Å². The van der Waals surface area contributed by atoms with E-state index in [2.05, 4.69) is 33.8 Å². The van der Waals surface area contributed by atoms with Gasteiger partial charge in [0.25, 0.3) is 5.56 Å². The number of benzene rings is 1. The first kappa shape index (κ1) is 16.8. The van der Waals surface area contributed by atoms with Gasteiger partial charge in [0.15, 0.2) is 10.1 Å². The first-order valence-corrected chi connectivity index (χ1v) is 10.9. The lowest BCUT2D eigenvalue weighted by Crippen LogP contribution is -2.12. The second kappa shape index (κ2) is 6.98. The predicted octanol–water partition coefficient (Wildman–Crippen LogP) is 4.11. The van der Waals surface area contributed by atoms with Crippen molar-refractivity contribution >= 4 is 28.1 Å². The van der Waals surface area contributed by atoms with Crippen molar-refractivity contribution in [3.63, 3.8) is 0 Å². The van der Waals surface area contributed by atoms with E-state index in [0.717, 1.165) is 34.3 Å². The summed E-state index contributed by atoms with van der Waals surface area (Å²) >= 11 is 3.14. The summed E-state index contributed by atoms with van der Waals surface area (Å²) in [5.74, 6) is 0.631. The Kier molecular flexibility index (Phi) is 4.33. The Balaban J connectivity index is 1.51. The minimum absolute atomic E-state index is 0.0254. The van der Waals surface area contributed by atoms with E-state index >= 15 is 0 Å². The van der Waals surface area contributed by atoms with Crippen molar-refractivity contribution in [3.8, 4) is 5.69 Å². The van der Waals surface area contributed by atoms with Gasteiger partial charge in [-0.15, -0.1) is 11.3 Å². The Hall–Kier alpha value is -2.38. The first-order valence-electron chi connectivity index (χ1n) is 9.04. The third-order valence-corrected chi connectivity index (χ3v) is 6.55. The van der Waals surface area contributed by atoms with Crippen LogP contribution < -0.4 is 5.56 Å². The number of fused-ring (bicyclic) bond motifs is 2. The standard InChI is InChI=1S/C20H18N4OS2/c25-18-12-14(21-19-23(18)10-11-26-19)13-27-20-22-16-8-4-5-9-17(16)24(20)15-6-2-1-3-7-15/h1-3,6-7,10-12H,4-5,8-9,13H2. The van der Waals surface area contributed by atoms with E-state index in [1.807, 2.05) is 11.4 Å². The highest BCUT2D eigenvalue weighted by molar-refractivity contribution is 7.98. The highest BCUT2D eigenvalue weighted by Crippen LogP contribution is 2.31. The van der Waals surface area contributed by atoms with Crippen LogP contribution >= 0.6 is 23.1 Å². The average molecular weight is 395 g/mol. The van der Waals surface area contributed by atoms with E-state index in [4.69, 9.17) is 4.98 Å². The summed E-state index contributed by atoms with van der Waals surface area (Å²) < 4.78 is 3.87. The van der Waals surface area contributed by atoms with Crippen LogP contribution in [-0.2, 0) is 18.6 Å². The number of aryl methyl sites for hydroxylation is 1. The maximum Gasteiger partial charge on any atom is 0.258 e. The van der Waals surface area contributed by atoms with Crippen LogP contribution in [0.5, 0.6) is 0 Å². The normalized spacial score (nSPS) is 13.8. The Labute approximate surface area is 164 Å². The molecule has 0 atom stereocenters. The number of thioether (sulfide) groups is 1. The van der Waals surface area contributed by atoms with Gasteiger partial charge in [0.2, 0.25) is 0 Å². The molecule has 0 aliphatic heterocycles. The molecule has 7 heteroatoms. The molecule has 0 amide bonds. The van der Waals surface area contributed by atoms with E-state index in [1.54, 1.807) is 28.4 Å². The van der Waals surface area contributed by atoms with Gasteiger partial charge in [-0.1, -0.05) is 30.0 Å². The first-order chi connectivity index (χ1) is 13.3. The summed E-state index contributed by atoms with van der Waals surface area (Å²) in [5, 5.41) is 2.87. The van der Waals surface area contributed by atoms with Crippen molar-refractivity contribution in [3.05, 3.63) is 75.4 Å². The van der Waals surface area contributed by atoms with Crippen molar-refractivity contribution in [1.82, 2.24) is 18.9 Å². The molecule has 27 heavy (non-hydrogen) atoms. The predicted molar refractivity (Wildman–Crippen MR) is 109 cm³/mol. The Morgan fingerprint density at radius 1 is 1.11 bits per heavy atom. The SMILES string of the molecule is O=c1cc(CSc2nc3c(n2-c2ccccc2)CCCC3)nc2sccn12. The Morgan fingerprint density at radius 2 is 1.96 bits per heavy atom. The number of hydrogen-bond acceptors (Lipinski definition) is 5. The maximum atomic E-state index is 12.2. The van der Waals surface area contributed by atoms with Crippen LogP contribution in [-0.4, -0.2) is 18.9 Å². The molecule has 0 N–H and O–H groups in total. The zero-order valence-electron chi connectivity index (χ0n) is 14.7. The molecule has 5 rings (SSSR count). The Morgan fingerprint density at radius 3 is 2.85 bits per heavy atom. The lowest BCUT2D eigenvalue weighted by atomic mass is 10.0. The smallest absolute Gasteiger partial charge is 0.258 e. The van der Waals surface area contributed by atoms with E-state index in [0.29, 0.717) is 5.75 Å². The van der Waals surface area contributed by atoms with E-state index in [1.165, 1.54) is 35.6 Å². The molecule has 0 saturated heterocycles. The molecule has 0 radical (unpaired) electrons. The molecule has 3 aromatic heterocycles. The Bertz CT molecular complexity index is 1160. The second-order valence-electron chi connectivity index (χ2n) is 6.60. The van der Waals surface area contributed by atoms with E-state index in [9.17, 15) is 4.79 Å². The minimum Gasteiger partial charge on any atom is -0.292 e. The van der Waals surface area contributed by atoms with Crippen molar-refractivity contribution in [2.24, 2.45) is 0 Å². The number of hydrogen-bond donors (Lipinski definition) is 0. The van der Waals surface area contributed by atoms with Crippen LogP contribution in [0.4, 0.5) is 0 Å². The summed E-state index contributed by atoms with van der Waals surface area (Å²) in [6, 6.07) is 12.0. The average Bonchev–Trinajstić information content (AvgIpc) is 3.31. The molecule has 1 aromatic carbocycles. The summed E-state index contributed by atoms with van der Waals surface area (Å²) in [6.07, 6.45) is 6.30. The minimum atomic E-state index is -0.0254. The van der Waals surface area contributed by atoms with Gasteiger partial charge in [-0.2, -0.15) is 0 Å². The third-order valence-electron chi connectivity index (χ3n) is 4.82. The summed E-state index contributed by atoms with van der Waals surface area (Å²) in [4.78, 5) is 22.5. The van der Waals surface area contributed by atoms with Crippen LogP contribution in [0.1, 0.15) is 29.9 Å². The number of rotatable bonds is 4. The second-order valence-corrected chi connectivity index (χ2v) is 8.41. The number of para-hydroxylation sites is 1. The van der Waals surface area contributed by atoms with Gasteiger partial charge in [0.1, 0.15) is 0 Å². The van der Waals surface area contributed by atoms with Crippen LogP contribution in [0.15, 0.2) is 57.9 Å². The molecular formula is C20H18N4OS2. The highest BCUT2D eigenvalue weighted by Gasteiger charge is 2.21. The summed E-state index contributed by atoms with van der Waals surface area (Å²) in [7, 11) is 0. The zero-order chi connectivity index (χ0) is 18.2. The van der Waals surface area contributed by atoms with E-state index < -0.39 is 0 Å². The summed E-state index contributed by atoms with van der Waals surface area (Å²) in [5.41, 5.74) is 4.47. The fourth-order valence-electron chi connectivity index (χ4n) is 3.56. The molecule has 0 saturated carbocycles. The van der Waals surface area contributed by atoms with Crippen LogP contribution in [0.3, 0.4) is 0 Å². The number of aromatic nitrogens is 4. The third kappa shape index (κ3) is 3.11. The number of nitrogens with zero attached hydrogens (tertiary/aromatic N) is 4. The molecule has 4 aromatic rings. The quantitative estimate of drug-likeness (QED) is 0.489. The van der Waals surface area contributed by atoms with Gasteiger partial charge >= 0.3 is 0 Å². The molecule has 5 nitrogen and oxygen atoms in total. The lowest BCUT2D eigenvalue weighted by molar-refractivity contribution is 0.654. The van der Waals surface area contributed by atoms with Crippen LogP contribution in [0.25, 0.3) is 10.6 Å². The molecule has 0 spiro atoms. The number of thiazole rings is 1. The topological polar surface area (TPSA) is 52.2 Å². The molecule has 0 fully saturated rings. The molecular weight excluding hydrogens is 376 g/mol. The van der Waals surface area contributed by atoms with Crippen LogP contribution in [0, 0.1) is 0 Å². The molecule has 136 valence electrons. The van der Waals surface area contributed by atoms with Gasteiger partial charge < -0.3 is 0 Å². The van der Waals surface area contributed by atoms with Crippen molar-refractivity contribution < 1.29 is 0 Å². The molecule has 0 unspecified atom stereocenters. The van der Waals surface area contributed by atoms with Gasteiger partial charge in [-0.05, 0) is 37.8 Å². The number of imidazole rings is 1. The monoisotopic (exact) mass is 394 g/mol. The van der Waals surface area contributed by atoms with E-state index in [-0.39, 0.29) is 5.56 Å². The lowest BCUT2D eigenvalue weighted by Gasteiger charge is -2.15. The van der Waals surface area contributed by atoms with Crippen molar-refractivity contribution in [1.29, 1.82) is 0 Å². The summed E-state index contributed by atoms with van der Waals surface area (Å²) in [6.45, 7) is 0. The maximum absolute atomic E-state index is 12.2. The highest BCUT2D eigenvalue weighted by atomic mass is 32.2. The molecule has 3 heterocycles. The van der Waals surface area contributed by atoms with Crippen LogP contribution in [0.2, 0.25) is 0 Å².